The lowest BCUT2D eigenvalue weighted by atomic mass is 9.92. The number of piperazine rings is 1. The molecule has 3 aromatic carbocycles. The zero-order valence-electron chi connectivity index (χ0n) is 27.9. The SMILES string of the molecule is COc1cccc(Cl)c1-c1cn(CCCCC(=O)C2CCCNC2)c2ccc(CN3CCN(Cc4ccc(OC(F)(F)F)cc4)CC3)cc12. The fourth-order valence-corrected chi connectivity index (χ4v) is 7.36. The predicted octanol–water partition coefficient (Wildman–Crippen LogP) is 7.93. The Hall–Kier alpha value is -3.57. The number of alkyl halides is 3. The van der Waals surface area contributed by atoms with E-state index in [2.05, 4.69) is 48.8 Å². The van der Waals surface area contributed by atoms with Crippen LogP contribution in [0.15, 0.2) is 66.9 Å². The smallest absolute Gasteiger partial charge is 0.496 e. The van der Waals surface area contributed by atoms with Crippen LogP contribution in [0.25, 0.3) is 22.0 Å². The summed E-state index contributed by atoms with van der Waals surface area (Å²) in [7, 11) is 1.66. The maximum absolute atomic E-state index is 12.8. The number of nitrogens with zero attached hydrogens (tertiary/aromatic N) is 3. The zero-order chi connectivity index (χ0) is 34.4. The number of aromatic nitrogens is 1. The predicted molar refractivity (Wildman–Crippen MR) is 187 cm³/mol. The molecule has 2 fully saturated rings. The van der Waals surface area contributed by atoms with Crippen LogP contribution in [-0.2, 0) is 24.4 Å². The highest BCUT2D eigenvalue weighted by Crippen LogP contribution is 2.41. The summed E-state index contributed by atoms with van der Waals surface area (Å²) in [5, 5.41) is 5.10. The van der Waals surface area contributed by atoms with Gasteiger partial charge in [0.05, 0.1) is 12.1 Å². The number of Topliss-reactive ketones (excluding diaryl/α,β-unsaturated/α-hetero) is 1. The second-order valence-corrected chi connectivity index (χ2v) is 13.5. The van der Waals surface area contributed by atoms with Gasteiger partial charge in [0.1, 0.15) is 17.3 Å². The fourth-order valence-electron chi connectivity index (χ4n) is 7.09. The molecule has 0 amide bonds. The Morgan fingerprint density at radius 1 is 0.959 bits per heavy atom. The average Bonchev–Trinajstić information content (AvgIpc) is 3.45. The first-order valence-corrected chi connectivity index (χ1v) is 17.5. The summed E-state index contributed by atoms with van der Waals surface area (Å²) in [5.74, 6) is 1.06. The van der Waals surface area contributed by atoms with Crippen molar-refractivity contribution in [3.05, 3.63) is 83.0 Å². The van der Waals surface area contributed by atoms with Gasteiger partial charge >= 0.3 is 6.36 Å². The molecule has 1 unspecified atom stereocenters. The summed E-state index contributed by atoms with van der Waals surface area (Å²) in [6, 6.07) is 18.5. The van der Waals surface area contributed by atoms with E-state index in [4.69, 9.17) is 16.3 Å². The number of benzene rings is 3. The molecule has 3 heterocycles. The molecule has 1 aromatic heterocycles. The van der Waals surface area contributed by atoms with E-state index in [1.165, 1.54) is 17.7 Å². The summed E-state index contributed by atoms with van der Waals surface area (Å²) >= 11 is 6.79. The van der Waals surface area contributed by atoms with Crippen LogP contribution >= 0.6 is 11.6 Å². The molecule has 262 valence electrons. The molecule has 0 aliphatic carbocycles. The minimum Gasteiger partial charge on any atom is -0.496 e. The number of halogens is 4. The third-order valence-electron chi connectivity index (χ3n) is 9.67. The number of hydrogen-bond donors (Lipinski definition) is 1. The Bertz CT molecular complexity index is 1710. The molecule has 7 nitrogen and oxygen atoms in total. The molecule has 1 atom stereocenters. The van der Waals surface area contributed by atoms with E-state index in [1.54, 1.807) is 19.2 Å². The molecule has 0 radical (unpaired) electrons. The summed E-state index contributed by atoms with van der Waals surface area (Å²) in [6.07, 6.45) is 1.94. The summed E-state index contributed by atoms with van der Waals surface area (Å²) in [4.78, 5) is 17.5. The molecule has 2 saturated heterocycles. The maximum Gasteiger partial charge on any atom is 0.573 e. The van der Waals surface area contributed by atoms with Gasteiger partial charge in [-0.1, -0.05) is 35.9 Å². The van der Waals surface area contributed by atoms with E-state index in [0.717, 1.165) is 111 Å². The number of methoxy groups -OCH3 is 1. The van der Waals surface area contributed by atoms with E-state index in [0.29, 0.717) is 23.8 Å². The lowest BCUT2D eigenvalue weighted by molar-refractivity contribution is -0.274. The molecule has 49 heavy (non-hydrogen) atoms. The Kier molecular flexibility index (Phi) is 11.5. The number of hydrogen-bond acceptors (Lipinski definition) is 6. The van der Waals surface area contributed by atoms with Crippen molar-refractivity contribution in [2.24, 2.45) is 5.92 Å². The molecule has 2 aliphatic heterocycles. The largest absolute Gasteiger partial charge is 0.573 e. The average molecular weight is 697 g/mol. The molecule has 0 bridgehead atoms. The molecular formula is C38H44ClF3N4O3. The third kappa shape index (κ3) is 9.16. The fraction of sp³-hybridized carbons (Fsp3) is 0.447. The van der Waals surface area contributed by atoms with Gasteiger partial charge in [0.15, 0.2) is 0 Å². The number of aryl methyl sites for hydroxylation is 1. The number of rotatable bonds is 13. The first-order chi connectivity index (χ1) is 23.7. The number of carbonyl (C=O) groups excluding carboxylic acids is 1. The number of ether oxygens (including phenoxy) is 2. The van der Waals surface area contributed by atoms with Gasteiger partial charge in [-0.05, 0) is 79.8 Å². The molecule has 11 heteroatoms. The minimum atomic E-state index is -4.69. The van der Waals surface area contributed by atoms with Crippen LogP contribution in [0.2, 0.25) is 5.02 Å². The minimum absolute atomic E-state index is 0.157. The zero-order valence-corrected chi connectivity index (χ0v) is 28.7. The van der Waals surface area contributed by atoms with Gasteiger partial charge < -0.3 is 19.4 Å². The van der Waals surface area contributed by atoms with Gasteiger partial charge in [-0.3, -0.25) is 14.6 Å². The second kappa shape index (κ2) is 16.0. The van der Waals surface area contributed by atoms with Gasteiger partial charge in [-0.15, -0.1) is 13.2 Å². The standard InChI is InChI=1S/C38H44ClF3N4O3/c1-48-36-9-4-7-33(39)37(36)32-26-46(17-3-2-8-35(47)29-6-5-16-43-23-29)34-15-12-28(22-31(32)34)25-45-20-18-44(19-21-45)24-27-10-13-30(14-11-27)49-38(40,41)42/h4,7,9-15,22,26,29,43H,2-3,5-6,8,16-21,23-25H2,1H3. The Labute approximate surface area is 290 Å². The summed E-state index contributed by atoms with van der Waals surface area (Å²) in [5.41, 5.74) is 5.19. The van der Waals surface area contributed by atoms with Gasteiger partial charge in [-0.2, -0.15) is 0 Å². The van der Waals surface area contributed by atoms with E-state index in [-0.39, 0.29) is 11.7 Å². The summed E-state index contributed by atoms with van der Waals surface area (Å²) in [6.45, 7) is 7.59. The highest BCUT2D eigenvalue weighted by Gasteiger charge is 2.31. The van der Waals surface area contributed by atoms with Gasteiger partial charge in [0.25, 0.3) is 0 Å². The van der Waals surface area contributed by atoms with E-state index in [1.807, 2.05) is 18.2 Å². The van der Waals surface area contributed by atoms with Crippen molar-refractivity contribution in [2.45, 2.75) is 58.1 Å². The Balaban J connectivity index is 1.12. The molecular weight excluding hydrogens is 653 g/mol. The van der Waals surface area contributed by atoms with Gasteiger partial charge in [0, 0.05) is 92.9 Å². The van der Waals surface area contributed by atoms with Crippen LogP contribution in [0.4, 0.5) is 13.2 Å². The van der Waals surface area contributed by atoms with Crippen LogP contribution in [0, 0.1) is 5.92 Å². The Morgan fingerprint density at radius 2 is 1.67 bits per heavy atom. The quantitative estimate of drug-likeness (QED) is 0.143. The second-order valence-electron chi connectivity index (χ2n) is 13.1. The number of nitrogens with one attached hydrogen (secondary N) is 1. The highest BCUT2D eigenvalue weighted by atomic mass is 35.5. The lowest BCUT2D eigenvalue weighted by Crippen LogP contribution is -2.45. The third-order valence-corrected chi connectivity index (χ3v) is 9.98. The normalized spacial score (nSPS) is 17.8. The lowest BCUT2D eigenvalue weighted by Gasteiger charge is -2.34. The van der Waals surface area contributed by atoms with Crippen molar-refractivity contribution >= 4 is 28.3 Å². The van der Waals surface area contributed by atoms with Gasteiger partial charge in [-0.25, -0.2) is 0 Å². The summed E-state index contributed by atoms with van der Waals surface area (Å²) < 4.78 is 49.5. The maximum atomic E-state index is 12.8. The molecule has 4 aromatic rings. The van der Waals surface area contributed by atoms with E-state index in [9.17, 15) is 18.0 Å². The van der Waals surface area contributed by atoms with Crippen molar-refractivity contribution < 1.29 is 27.4 Å². The highest BCUT2D eigenvalue weighted by molar-refractivity contribution is 6.34. The Morgan fingerprint density at radius 3 is 2.35 bits per heavy atom. The molecule has 0 saturated carbocycles. The molecule has 0 spiro atoms. The molecule has 2 aliphatic rings. The number of fused-ring (bicyclic) bond motifs is 1. The molecule has 1 N–H and O–H groups in total. The van der Waals surface area contributed by atoms with Crippen LogP contribution in [0.1, 0.15) is 43.2 Å². The van der Waals surface area contributed by atoms with Crippen molar-refractivity contribution in [2.75, 3.05) is 46.4 Å². The van der Waals surface area contributed by atoms with Crippen LogP contribution in [0.3, 0.4) is 0 Å². The van der Waals surface area contributed by atoms with Crippen molar-refractivity contribution in [1.82, 2.24) is 19.7 Å². The number of piperidine rings is 1. The van der Waals surface area contributed by atoms with Gasteiger partial charge in [0.2, 0.25) is 0 Å². The topological polar surface area (TPSA) is 59.0 Å². The van der Waals surface area contributed by atoms with Crippen LogP contribution in [0.5, 0.6) is 11.5 Å². The van der Waals surface area contributed by atoms with Crippen LogP contribution < -0.4 is 14.8 Å². The van der Waals surface area contributed by atoms with Crippen molar-refractivity contribution in [3.63, 3.8) is 0 Å². The number of ketones is 1. The van der Waals surface area contributed by atoms with E-state index < -0.39 is 6.36 Å². The van der Waals surface area contributed by atoms with Crippen molar-refractivity contribution in [3.8, 4) is 22.6 Å². The molecule has 6 rings (SSSR count). The van der Waals surface area contributed by atoms with Crippen molar-refractivity contribution in [1.29, 1.82) is 0 Å². The number of carbonyl (C=O) groups is 1. The first-order valence-electron chi connectivity index (χ1n) is 17.1. The van der Waals surface area contributed by atoms with E-state index >= 15 is 0 Å². The monoisotopic (exact) mass is 696 g/mol. The van der Waals surface area contributed by atoms with Crippen LogP contribution in [-0.4, -0.2) is 72.9 Å². The number of unbranched alkanes of at least 4 members (excludes halogenated alkanes) is 1. The first kappa shape index (κ1) is 35.3.